The fourth-order valence-corrected chi connectivity index (χ4v) is 1.09. The maximum Gasteiger partial charge on any atom is 0.419 e. The van der Waals surface area contributed by atoms with Crippen LogP contribution in [0.1, 0.15) is 24.2 Å². The van der Waals surface area contributed by atoms with Gasteiger partial charge in [-0.1, -0.05) is 12.1 Å². The molecule has 84 valence electrons. The molecule has 5 heteroatoms. The second-order valence-electron chi connectivity index (χ2n) is 3.14. The zero-order valence-electron chi connectivity index (χ0n) is 8.94. The van der Waals surface area contributed by atoms with E-state index in [1.54, 1.807) is 18.2 Å². The molecular formula is C11H11NO4. The second kappa shape index (κ2) is 5.06. The highest BCUT2D eigenvalue weighted by atomic mass is 16.6. The summed E-state index contributed by atoms with van der Waals surface area (Å²) in [4.78, 5) is 32.6. The molecule has 1 rings (SSSR count). The van der Waals surface area contributed by atoms with Crippen molar-refractivity contribution in [3.8, 4) is 0 Å². The Kier molecular flexibility index (Phi) is 3.77. The highest BCUT2D eigenvalue weighted by molar-refractivity contribution is 5.97. The van der Waals surface area contributed by atoms with E-state index in [1.807, 2.05) is 0 Å². The van der Waals surface area contributed by atoms with Gasteiger partial charge in [-0.3, -0.25) is 14.9 Å². The van der Waals surface area contributed by atoms with E-state index >= 15 is 0 Å². The third-order valence-electron chi connectivity index (χ3n) is 1.75. The van der Waals surface area contributed by atoms with E-state index in [0.717, 1.165) is 6.92 Å². The van der Waals surface area contributed by atoms with Crippen LogP contribution in [0.15, 0.2) is 24.3 Å². The summed E-state index contributed by atoms with van der Waals surface area (Å²) < 4.78 is 4.28. The number of ketones is 1. The molecule has 1 aromatic carbocycles. The molecule has 0 atom stereocenters. The minimum atomic E-state index is -0.867. The van der Waals surface area contributed by atoms with E-state index in [2.05, 4.69) is 10.1 Å². The van der Waals surface area contributed by atoms with Crippen molar-refractivity contribution in [3.05, 3.63) is 29.8 Å². The van der Waals surface area contributed by atoms with E-state index < -0.39 is 12.1 Å². The van der Waals surface area contributed by atoms with Crippen LogP contribution in [0.2, 0.25) is 0 Å². The lowest BCUT2D eigenvalue weighted by Crippen LogP contribution is -2.16. The van der Waals surface area contributed by atoms with Gasteiger partial charge in [0.1, 0.15) is 0 Å². The Morgan fingerprint density at radius 3 is 2.44 bits per heavy atom. The molecule has 1 N–H and O–H groups in total. The van der Waals surface area contributed by atoms with Gasteiger partial charge in [0.25, 0.3) is 0 Å². The summed E-state index contributed by atoms with van der Waals surface area (Å²) in [7, 11) is 0. The summed E-state index contributed by atoms with van der Waals surface area (Å²) >= 11 is 0. The molecule has 1 amide bonds. The third kappa shape index (κ3) is 3.53. The summed E-state index contributed by atoms with van der Waals surface area (Å²) in [6.07, 6.45) is -0.867. The predicted octanol–water partition coefficient (Wildman–Crippen LogP) is 1.98. The molecule has 0 unspecified atom stereocenters. The molecule has 0 saturated carbocycles. The monoisotopic (exact) mass is 221 g/mol. The average Bonchev–Trinajstić information content (AvgIpc) is 2.16. The van der Waals surface area contributed by atoms with Crippen molar-refractivity contribution in [2.45, 2.75) is 13.8 Å². The number of ether oxygens (including phenoxy) is 1. The standard InChI is InChI=1S/C11H11NO4/c1-7(13)9-4-3-5-10(6-9)12-11(15)16-8(2)14/h3-6H,1-2H3,(H,12,15). The molecule has 0 heterocycles. The molecular weight excluding hydrogens is 210 g/mol. The Balaban J connectivity index is 2.74. The van der Waals surface area contributed by atoms with E-state index in [4.69, 9.17) is 0 Å². The number of esters is 1. The molecule has 0 fully saturated rings. The lowest BCUT2D eigenvalue weighted by molar-refractivity contribution is -0.134. The minimum absolute atomic E-state index is 0.108. The van der Waals surface area contributed by atoms with Gasteiger partial charge in [0, 0.05) is 18.2 Å². The van der Waals surface area contributed by atoms with Crippen LogP contribution in [0.25, 0.3) is 0 Å². The van der Waals surface area contributed by atoms with Crippen molar-refractivity contribution in [3.63, 3.8) is 0 Å². The number of nitrogens with one attached hydrogen (secondary N) is 1. The van der Waals surface area contributed by atoms with Crippen molar-refractivity contribution in [2.75, 3.05) is 5.32 Å². The summed E-state index contributed by atoms with van der Waals surface area (Å²) in [5, 5.41) is 2.33. The summed E-state index contributed by atoms with van der Waals surface area (Å²) in [6.45, 7) is 2.55. The molecule has 0 aromatic heterocycles. The molecule has 0 radical (unpaired) electrons. The maximum absolute atomic E-state index is 11.1. The number of hydrogen-bond acceptors (Lipinski definition) is 4. The number of rotatable bonds is 2. The minimum Gasteiger partial charge on any atom is -0.376 e. The molecule has 1 aromatic rings. The third-order valence-corrected chi connectivity index (χ3v) is 1.75. The topological polar surface area (TPSA) is 72.5 Å². The highest BCUT2D eigenvalue weighted by Crippen LogP contribution is 2.11. The van der Waals surface area contributed by atoms with E-state index in [0.29, 0.717) is 11.3 Å². The Morgan fingerprint density at radius 2 is 1.88 bits per heavy atom. The van der Waals surface area contributed by atoms with Crippen LogP contribution in [0.5, 0.6) is 0 Å². The molecule has 0 aliphatic heterocycles. The van der Waals surface area contributed by atoms with Crippen molar-refractivity contribution in [2.24, 2.45) is 0 Å². The quantitative estimate of drug-likeness (QED) is 0.471. The van der Waals surface area contributed by atoms with Gasteiger partial charge in [-0.05, 0) is 19.1 Å². The zero-order valence-corrected chi connectivity index (χ0v) is 8.94. The fourth-order valence-electron chi connectivity index (χ4n) is 1.09. The molecule has 0 bridgehead atoms. The second-order valence-corrected chi connectivity index (χ2v) is 3.14. The number of benzene rings is 1. The van der Waals surface area contributed by atoms with Crippen LogP contribution < -0.4 is 5.32 Å². The van der Waals surface area contributed by atoms with Gasteiger partial charge >= 0.3 is 12.1 Å². The molecule has 0 saturated heterocycles. The van der Waals surface area contributed by atoms with Crippen LogP contribution in [0.4, 0.5) is 10.5 Å². The zero-order chi connectivity index (χ0) is 12.1. The molecule has 0 spiro atoms. The first-order valence-corrected chi connectivity index (χ1v) is 4.59. The van der Waals surface area contributed by atoms with Crippen molar-refractivity contribution in [1.29, 1.82) is 0 Å². The molecule has 16 heavy (non-hydrogen) atoms. The van der Waals surface area contributed by atoms with Gasteiger partial charge in [0.2, 0.25) is 0 Å². The number of anilines is 1. The lowest BCUT2D eigenvalue weighted by atomic mass is 10.1. The van der Waals surface area contributed by atoms with Gasteiger partial charge in [-0.2, -0.15) is 0 Å². The summed E-state index contributed by atoms with van der Waals surface area (Å²) in [5.41, 5.74) is 0.875. The SMILES string of the molecule is CC(=O)OC(=O)Nc1cccc(C(C)=O)c1. The van der Waals surface area contributed by atoms with Crippen molar-refractivity contribution in [1.82, 2.24) is 0 Å². The van der Waals surface area contributed by atoms with Gasteiger partial charge in [0.05, 0.1) is 0 Å². The van der Waals surface area contributed by atoms with Crippen molar-refractivity contribution < 1.29 is 19.1 Å². The number of amides is 1. The van der Waals surface area contributed by atoms with Crippen LogP contribution in [-0.2, 0) is 9.53 Å². The van der Waals surface area contributed by atoms with Gasteiger partial charge < -0.3 is 4.74 Å². The first kappa shape index (κ1) is 11.9. The van der Waals surface area contributed by atoms with Crippen LogP contribution >= 0.6 is 0 Å². The van der Waals surface area contributed by atoms with Gasteiger partial charge in [0.15, 0.2) is 5.78 Å². The largest absolute Gasteiger partial charge is 0.419 e. The Hall–Kier alpha value is -2.17. The fraction of sp³-hybridized carbons (Fsp3) is 0.182. The summed E-state index contributed by atoms with van der Waals surface area (Å²) in [5.74, 6) is -0.802. The first-order chi connectivity index (χ1) is 7.49. The first-order valence-electron chi connectivity index (χ1n) is 4.59. The predicted molar refractivity (Wildman–Crippen MR) is 57.2 cm³/mol. The molecule has 0 aliphatic carbocycles. The lowest BCUT2D eigenvalue weighted by Gasteiger charge is -2.04. The van der Waals surface area contributed by atoms with E-state index in [1.165, 1.54) is 13.0 Å². The van der Waals surface area contributed by atoms with Gasteiger partial charge in [-0.15, -0.1) is 0 Å². The normalized spacial score (nSPS) is 9.38. The van der Waals surface area contributed by atoms with Crippen molar-refractivity contribution >= 4 is 23.5 Å². The van der Waals surface area contributed by atoms with E-state index in [-0.39, 0.29) is 5.78 Å². The maximum atomic E-state index is 11.1. The summed E-state index contributed by atoms with van der Waals surface area (Å²) in [6, 6.07) is 6.35. The number of carbonyl (C=O) groups is 3. The van der Waals surface area contributed by atoms with Crippen LogP contribution in [0, 0.1) is 0 Å². The molecule has 0 aliphatic rings. The highest BCUT2D eigenvalue weighted by Gasteiger charge is 2.07. The van der Waals surface area contributed by atoms with Gasteiger partial charge in [-0.25, -0.2) is 4.79 Å². The average molecular weight is 221 g/mol. The van der Waals surface area contributed by atoms with Crippen LogP contribution in [0.3, 0.4) is 0 Å². The van der Waals surface area contributed by atoms with Crippen LogP contribution in [-0.4, -0.2) is 17.8 Å². The Morgan fingerprint density at radius 1 is 1.19 bits per heavy atom. The number of Topliss-reactive ketones (excluding diaryl/α,β-unsaturated/α-hetero) is 1. The van der Waals surface area contributed by atoms with E-state index in [9.17, 15) is 14.4 Å². The number of carbonyl (C=O) groups excluding carboxylic acids is 3. The Bertz CT molecular complexity index is 439. The molecule has 5 nitrogen and oxygen atoms in total. The smallest absolute Gasteiger partial charge is 0.376 e. The number of hydrogen-bond donors (Lipinski definition) is 1. The Labute approximate surface area is 92.4 Å².